The van der Waals surface area contributed by atoms with Gasteiger partial charge >= 0.3 is 5.97 Å². The molecule has 0 aliphatic rings. The third kappa shape index (κ3) is 3.00. The van der Waals surface area contributed by atoms with Gasteiger partial charge in [0.2, 0.25) is 0 Å². The van der Waals surface area contributed by atoms with Gasteiger partial charge < -0.3 is 9.72 Å². The van der Waals surface area contributed by atoms with Crippen LogP contribution < -0.4 is 0 Å². The molecule has 0 unspecified atom stereocenters. The van der Waals surface area contributed by atoms with Crippen LogP contribution in [-0.2, 0) is 17.6 Å². The number of benzene rings is 1. The number of aromatic amines is 1. The topological polar surface area (TPSA) is 42.1 Å². The van der Waals surface area contributed by atoms with E-state index in [9.17, 15) is 4.79 Å². The highest BCUT2D eigenvalue weighted by molar-refractivity contribution is 5.89. The first-order chi connectivity index (χ1) is 8.81. The molecular weight excluding hydrogens is 226 g/mol. The predicted molar refractivity (Wildman–Crippen MR) is 70.6 cm³/mol. The molecule has 0 spiro atoms. The van der Waals surface area contributed by atoms with Crippen LogP contribution in [0.5, 0.6) is 0 Å². The molecule has 0 aliphatic heterocycles. The summed E-state index contributed by atoms with van der Waals surface area (Å²) in [6.07, 6.45) is 3.54. The van der Waals surface area contributed by atoms with Crippen molar-refractivity contribution >= 4 is 5.97 Å². The molecule has 1 N–H and O–H groups in total. The molecule has 1 aromatic heterocycles. The van der Waals surface area contributed by atoms with Crippen molar-refractivity contribution in [2.75, 3.05) is 6.61 Å². The van der Waals surface area contributed by atoms with Gasteiger partial charge in [0.1, 0.15) is 5.69 Å². The van der Waals surface area contributed by atoms with Gasteiger partial charge in [0, 0.05) is 6.20 Å². The third-order valence-corrected chi connectivity index (χ3v) is 2.84. The van der Waals surface area contributed by atoms with Gasteiger partial charge in [-0.1, -0.05) is 30.3 Å². The fourth-order valence-electron chi connectivity index (χ4n) is 1.93. The first-order valence-corrected chi connectivity index (χ1v) is 6.18. The molecule has 0 saturated heterocycles. The molecule has 0 atom stereocenters. The largest absolute Gasteiger partial charge is 0.461 e. The Morgan fingerprint density at radius 2 is 1.94 bits per heavy atom. The maximum absolute atomic E-state index is 11.7. The molecule has 2 rings (SSSR count). The van der Waals surface area contributed by atoms with Crippen LogP contribution in [0.3, 0.4) is 0 Å². The molecule has 18 heavy (non-hydrogen) atoms. The highest BCUT2D eigenvalue weighted by Gasteiger charge is 2.13. The maximum atomic E-state index is 11.7. The second kappa shape index (κ2) is 6.05. The van der Waals surface area contributed by atoms with Crippen molar-refractivity contribution in [3.05, 3.63) is 59.4 Å². The normalized spacial score (nSPS) is 10.3. The zero-order chi connectivity index (χ0) is 12.8. The van der Waals surface area contributed by atoms with E-state index in [0.717, 1.165) is 18.4 Å². The van der Waals surface area contributed by atoms with Gasteiger partial charge in [0.05, 0.1) is 6.61 Å². The van der Waals surface area contributed by atoms with E-state index in [1.165, 1.54) is 5.56 Å². The summed E-state index contributed by atoms with van der Waals surface area (Å²) in [5, 5.41) is 0. The number of hydrogen-bond acceptors (Lipinski definition) is 2. The van der Waals surface area contributed by atoms with Crippen molar-refractivity contribution in [1.29, 1.82) is 0 Å². The van der Waals surface area contributed by atoms with Crippen LogP contribution in [0.25, 0.3) is 0 Å². The molecule has 0 saturated carbocycles. The van der Waals surface area contributed by atoms with Gasteiger partial charge in [-0.3, -0.25) is 0 Å². The highest BCUT2D eigenvalue weighted by Crippen LogP contribution is 2.12. The van der Waals surface area contributed by atoms with Crippen LogP contribution >= 0.6 is 0 Å². The molecule has 0 aliphatic carbocycles. The third-order valence-electron chi connectivity index (χ3n) is 2.84. The fraction of sp³-hybridized carbons (Fsp3) is 0.267. The summed E-state index contributed by atoms with van der Waals surface area (Å²) in [6.45, 7) is 2.21. The Morgan fingerprint density at radius 1 is 1.17 bits per heavy atom. The molecule has 0 bridgehead atoms. The zero-order valence-corrected chi connectivity index (χ0v) is 10.5. The van der Waals surface area contributed by atoms with E-state index in [4.69, 9.17) is 4.74 Å². The van der Waals surface area contributed by atoms with Crippen LogP contribution in [-0.4, -0.2) is 17.6 Å². The number of H-pyrrole nitrogens is 1. The number of aryl methyl sites for hydroxylation is 2. The summed E-state index contributed by atoms with van der Waals surface area (Å²) in [5.74, 6) is -0.273. The van der Waals surface area contributed by atoms with E-state index in [1.54, 1.807) is 6.20 Å². The Balaban J connectivity index is 2.02. The van der Waals surface area contributed by atoms with Gasteiger partial charge in [-0.25, -0.2) is 4.79 Å². The Kier molecular flexibility index (Phi) is 4.18. The molecule has 0 fully saturated rings. The fourth-order valence-corrected chi connectivity index (χ4v) is 1.93. The zero-order valence-electron chi connectivity index (χ0n) is 10.5. The number of ether oxygens (including phenoxy) is 1. The van der Waals surface area contributed by atoms with Crippen LogP contribution in [0, 0.1) is 0 Å². The number of nitrogens with one attached hydrogen (secondary N) is 1. The summed E-state index contributed by atoms with van der Waals surface area (Å²) in [5.41, 5.74) is 2.86. The predicted octanol–water partition coefficient (Wildman–Crippen LogP) is 2.98. The highest BCUT2D eigenvalue weighted by atomic mass is 16.5. The molecule has 94 valence electrons. The lowest BCUT2D eigenvalue weighted by atomic mass is 10.0. The van der Waals surface area contributed by atoms with Gasteiger partial charge in [-0.2, -0.15) is 0 Å². The van der Waals surface area contributed by atoms with Crippen LogP contribution in [0.2, 0.25) is 0 Å². The molecular formula is C15H17NO2. The quantitative estimate of drug-likeness (QED) is 0.820. The Hall–Kier alpha value is -2.03. The van der Waals surface area contributed by atoms with Gasteiger partial charge in [0.25, 0.3) is 0 Å². The first kappa shape index (κ1) is 12.4. The summed E-state index contributed by atoms with van der Waals surface area (Å²) >= 11 is 0. The van der Waals surface area contributed by atoms with Gasteiger partial charge in [-0.15, -0.1) is 0 Å². The first-order valence-electron chi connectivity index (χ1n) is 6.18. The smallest absolute Gasteiger partial charge is 0.355 e. The van der Waals surface area contributed by atoms with Crippen molar-refractivity contribution in [2.24, 2.45) is 0 Å². The van der Waals surface area contributed by atoms with Crippen LogP contribution in [0.15, 0.2) is 42.6 Å². The number of carbonyl (C=O) groups excluding carboxylic acids is 1. The minimum absolute atomic E-state index is 0.273. The van der Waals surface area contributed by atoms with E-state index in [2.05, 4.69) is 17.1 Å². The van der Waals surface area contributed by atoms with Crippen LogP contribution in [0.4, 0.5) is 0 Å². The van der Waals surface area contributed by atoms with Crippen LogP contribution in [0.1, 0.15) is 28.5 Å². The summed E-state index contributed by atoms with van der Waals surface area (Å²) < 4.78 is 5.01. The molecule has 0 radical (unpaired) electrons. The minimum Gasteiger partial charge on any atom is -0.461 e. The average molecular weight is 243 g/mol. The van der Waals surface area contributed by atoms with Gasteiger partial charge in [0.15, 0.2) is 0 Å². The lowest BCUT2D eigenvalue weighted by Gasteiger charge is -2.04. The average Bonchev–Trinajstić information content (AvgIpc) is 2.86. The second-order valence-corrected chi connectivity index (χ2v) is 4.08. The Morgan fingerprint density at radius 3 is 2.67 bits per heavy atom. The molecule has 3 nitrogen and oxygen atoms in total. The standard InChI is InChI=1S/C15H17NO2/c1-2-18-15(17)14-13(10-11-16-14)9-8-12-6-4-3-5-7-12/h3-7,10-11,16H,2,8-9H2,1H3. The number of rotatable bonds is 5. The van der Waals surface area contributed by atoms with E-state index in [-0.39, 0.29) is 5.97 Å². The maximum Gasteiger partial charge on any atom is 0.355 e. The van der Waals surface area contributed by atoms with E-state index in [1.807, 2.05) is 31.2 Å². The van der Waals surface area contributed by atoms with Crippen molar-refractivity contribution in [2.45, 2.75) is 19.8 Å². The molecule has 1 heterocycles. The molecule has 1 aromatic carbocycles. The SMILES string of the molecule is CCOC(=O)c1[nH]ccc1CCc1ccccc1. The van der Waals surface area contributed by atoms with E-state index < -0.39 is 0 Å². The molecule has 2 aromatic rings. The van der Waals surface area contributed by atoms with Gasteiger partial charge in [-0.05, 0) is 37.0 Å². The number of hydrogen-bond donors (Lipinski definition) is 1. The lowest BCUT2D eigenvalue weighted by molar-refractivity contribution is 0.0519. The lowest BCUT2D eigenvalue weighted by Crippen LogP contribution is -2.08. The van der Waals surface area contributed by atoms with E-state index in [0.29, 0.717) is 12.3 Å². The van der Waals surface area contributed by atoms with Crippen molar-refractivity contribution < 1.29 is 9.53 Å². The van der Waals surface area contributed by atoms with Crippen molar-refractivity contribution in [1.82, 2.24) is 4.98 Å². The van der Waals surface area contributed by atoms with E-state index >= 15 is 0 Å². The monoisotopic (exact) mass is 243 g/mol. The summed E-state index contributed by atoms with van der Waals surface area (Å²) in [4.78, 5) is 14.6. The summed E-state index contributed by atoms with van der Waals surface area (Å²) in [6, 6.07) is 12.2. The summed E-state index contributed by atoms with van der Waals surface area (Å²) in [7, 11) is 0. The molecule has 0 amide bonds. The molecule has 3 heteroatoms. The van der Waals surface area contributed by atoms with Crippen molar-refractivity contribution in [3.8, 4) is 0 Å². The van der Waals surface area contributed by atoms with Crippen molar-refractivity contribution in [3.63, 3.8) is 0 Å². The number of carbonyl (C=O) groups is 1. The number of esters is 1. The minimum atomic E-state index is -0.273. The number of aromatic nitrogens is 1. The second-order valence-electron chi connectivity index (χ2n) is 4.08. The Labute approximate surface area is 107 Å². The Bertz CT molecular complexity index is 502.